The van der Waals surface area contributed by atoms with Gasteiger partial charge in [0.2, 0.25) is 0 Å². The van der Waals surface area contributed by atoms with E-state index in [1.165, 1.54) is 0 Å². The molecule has 0 saturated carbocycles. The van der Waals surface area contributed by atoms with Gasteiger partial charge >= 0.3 is 0 Å². The molecular formula is C24H20ClNO3. The third-order valence-electron chi connectivity index (χ3n) is 5.09. The number of hydrogen-bond acceptors (Lipinski definition) is 3. The van der Waals surface area contributed by atoms with E-state index in [-0.39, 0.29) is 11.7 Å². The number of rotatable bonds is 5. The summed E-state index contributed by atoms with van der Waals surface area (Å²) in [7, 11) is 1.61. The quantitative estimate of drug-likeness (QED) is 0.618. The van der Waals surface area contributed by atoms with E-state index in [0.29, 0.717) is 17.1 Å². The highest BCUT2D eigenvalue weighted by atomic mass is 35.5. The van der Waals surface area contributed by atoms with Crippen LogP contribution in [0, 0.1) is 0 Å². The van der Waals surface area contributed by atoms with Crippen LogP contribution in [0.1, 0.15) is 22.7 Å². The van der Waals surface area contributed by atoms with Crippen LogP contribution < -0.4 is 4.74 Å². The topological polar surface area (TPSA) is 49.8 Å². The molecule has 1 aliphatic heterocycles. The summed E-state index contributed by atoms with van der Waals surface area (Å²) in [6.45, 7) is 0.358. The van der Waals surface area contributed by atoms with Crippen molar-refractivity contribution in [1.82, 2.24) is 4.90 Å². The van der Waals surface area contributed by atoms with E-state index in [4.69, 9.17) is 16.3 Å². The molecule has 1 N–H and O–H groups in total. The molecular weight excluding hydrogens is 386 g/mol. The molecule has 0 radical (unpaired) electrons. The zero-order valence-corrected chi connectivity index (χ0v) is 16.6. The molecule has 3 aromatic carbocycles. The van der Waals surface area contributed by atoms with Gasteiger partial charge < -0.3 is 14.7 Å². The molecule has 0 unspecified atom stereocenters. The van der Waals surface area contributed by atoms with Crippen LogP contribution >= 0.6 is 11.6 Å². The highest BCUT2D eigenvalue weighted by Crippen LogP contribution is 2.43. The maximum Gasteiger partial charge on any atom is 0.290 e. The molecule has 0 bridgehead atoms. The molecule has 1 amide bonds. The van der Waals surface area contributed by atoms with Gasteiger partial charge in [0.15, 0.2) is 5.76 Å². The van der Waals surface area contributed by atoms with Gasteiger partial charge in [0.1, 0.15) is 5.75 Å². The standard InChI is InChI=1S/C24H20ClNO3/c1-29-20-13-7-16(8-14-20)15-26-22(18-9-11-19(25)12-10-18)21(23(27)24(26)28)17-5-3-2-4-6-17/h2-14,22,27H,15H2,1H3/t22-/m0/s1. The van der Waals surface area contributed by atoms with Crippen molar-refractivity contribution in [2.45, 2.75) is 12.6 Å². The molecule has 1 heterocycles. The number of ether oxygens (including phenoxy) is 1. The Hall–Kier alpha value is -3.24. The van der Waals surface area contributed by atoms with Crippen molar-refractivity contribution < 1.29 is 14.6 Å². The molecule has 5 heteroatoms. The molecule has 0 fully saturated rings. The maximum atomic E-state index is 13.0. The third-order valence-corrected chi connectivity index (χ3v) is 5.34. The molecule has 0 spiro atoms. The second kappa shape index (κ2) is 8.02. The first-order valence-corrected chi connectivity index (χ1v) is 9.64. The van der Waals surface area contributed by atoms with Gasteiger partial charge in [-0.25, -0.2) is 0 Å². The molecule has 4 rings (SSSR count). The minimum atomic E-state index is -0.413. The Labute approximate surface area is 174 Å². The van der Waals surface area contributed by atoms with Gasteiger partial charge in [-0.3, -0.25) is 4.79 Å². The molecule has 0 aromatic heterocycles. The summed E-state index contributed by atoms with van der Waals surface area (Å²) in [5, 5.41) is 11.4. The SMILES string of the molecule is COc1ccc(CN2C(=O)C(O)=C(c3ccccc3)[C@@H]2c2ccc(Cl)cc2)cc1. The van der Waals surface area contributed by atoms with Crippen molar-refractivity contribution in [3.05, 3.63) is 106 Å². The predicted molar refractivity (Wildman–Crippen MR) is 114 cm³/mol. The number of carbonyl (C=O) groups is 1. The van der Waals surface area contributed by atoms with Crippen molar-refractivity contribution in [1.29, 1.82) is 0 Å². The van der Waals surface area contributed by atoms with Crippen LogP contribution in [0.25, 0.3) is 5.57 Å². The number of carbonyl (C=O) groups excluding carboxylic acids is 1. The predicted octanol–water partition coefficient (Wildman–Crippen LogP) is 5.40. The van der Waals surface area contributed by atoms with Crippen molar-refractivity contribution in [2.24, 2.45) is 0 Å². The zero-order chi connectivity index (χ0) is 20.4. The fourth-order valence-electron chi connectivity index (χ4n) is 3.65. The Morgan fingerprint density at radius 1 is 0.966 bits per heavy atom. The summed E-state index contributed by atoms with van der Waals surface area (Å²) < 4.78 is 5.21. The van der Waals surface area contributed by atoms with Crippen molar-refractivity contribution in [3.63, 3.8) is 0 Å². The van der Waals surface area contributed by atoms with E-state index in [9.17, 15) is 9.90 Å². The first kappa shape index (κ1) is 19.1. The number of methoxy groups -OCH3 is 1. The molecule has 1 aliphatic rings. The summed E-state index contributed by atoms with van der Waals surface area (Å²) in [6, 6.07) is 24.0. The van der Waals surface area contributed by atoms with Crippen LogP contribution in [-0.4, -0.2) is 23.0 Å². The number of hydrogen-bond donors (Lipinski definition) is 1. The lowest BCUT2D eigenvalue weighted by Crippen LogP contribution is -2.29. The summed E-state index contributed by atoms with van der Waals surface area (Å²) in [4.78, 5) is 14.7. The minimum Gasteiger partial charge on any atom is -0.503 e. The van der Waals surface area contributed by atoms with Gasteiger partial charge in [-0.1, -0.05) is 66.2 Å². The highest BCUT2D eigenvalue weighted by molar-refractivity contribution is 6.30. The summed E-state index contributed by atoms with van der Waals surface area (Å²) in [5.74, 6) is 0.144. The van der Waals surface area contributed by atoms with Crippen LogP contribution in [0.4, 0.5) is 0 Å². The van der Waals surface area contributed by atoms with E-state index in [2.05, 4.69) is 0 Å². The first-order chi connectivity index (χ1) is 14.1. The normalized spacial score (nSPS) is 16.4. The number of benzene rings is 3. The van der Waals surface area contributed by atoms with Crippen LogP contribution in [0.15, 0.2) is 84.6 Å². The maximum absolute atomic E-state index is 13.0. The second-order valence-corrected chi connectivity index (χ2v) is 7.30. The Bertz CT molecular complexity index is 1040. The van der Waals surface area contributed by atoms with Crippen LogP contribution in [-0.2, 0) is 11.3 Å². The Kier molecular flexibility index (Phi) is 5.28. The van der Waals surface area contributed by atoms with Crippen LogP contribution in [0.2, 0.25) is 5.02 Å². The van der Waals surface area contributed by atoms with E-state index < -0.39 is 6.04 Å². The van der Waals surface area contributed by atoms with Crippen LogP contribution in [0.5, 0.6) is 5.75 Å². The molecule has 0 saturated heterocycles. The lowest BCUT2D eigenvalue weighted by Gasteiger charge is -2.27. The fraction of sp³-hybridized carbons (Fsp3) is 0.125. The molecule has 0 aliphatic carbocycles. The van der Waals surface area contributed by atoms with Gasteiger partial charge in [0.25, 0.3) is 5.91 Å². The number of nitrogens with zero attached hydrogens (tertiary/aromatic N) is 1. The fourth-order valence-corrected chi connectivity index (χ4v) is 3.77. The first-order valence-electron chi connectivity index (χ1n) is 9.26. The zero-order valence-electron chi connectivity index (χ0n) is 15.9. The lowest BCUT2D eigenvalue weighted by atomic mass is 9.93. The van der Waals surface area contributed by atoms with E-state index in [1.807, 2.05) is 66.7 Å². The van der Waals surface area contributed by atoms with Gasteiger partial charge in [0, 0.05) is 17.1 Å². The van der Waals surface area contributed by atoms with Crippen molar-refractivity contribution >= 4 is 23.1 Å². The minimum absolute atomic E-state index is 0.218. The van der Waals surface area contributed by atoms with Gasteiger partial charge in [-0.15, -0.1) is 0 Å². The van der Waals surface area contributed by atoms with E-state index in [0.717, 1.165) is 22.4 Å². The number of amides is 1. The number of aliphatic hydroxyl groups excluding tert-OH is 1. The molecule has 3 aromatic rings. The third kappa shape index (κ3) is 3.71. The summed E-state index contributed by atoms with van der Waals surface area (Å²) in [5.41, 5.74) is 3.25. The Morgan fingerprint density at radius 3 is 2.24 bits per heavy atom. The monoisotopic (exact) mass is 405 g/mol. The molecule has 1 atom stereocenters. The van der Waals surface area contributed by atoms with Crippen molar-refractivity contribution in [3.8, 4) is 5.75 Å². The number of aliphatic hydroxyl groups is 1. The largest absolute Gasteiger partial charge is 0.503 e. The summed E-state index contributed by atoms with van der Waals surface area (Å²) in [6.07, 6.45) is 0. The van der Waals surface area contributed by atoms with E-state index in [1.54, 1.807) is 24.1 Å². The Morgan fingerprint density at radius 2 is 1.62 bits per heavy atom. The van der Waals surface area contributed by atoms with Crippen LogP contribution in [0.3, 0.4) is 0 Å². The molecule has 4 nitrogen and oxygen atoms in total. The van der Waals surface area contributed by atoms with Gasteiger partial charge in [-0.05, 0) is 41.0 Å². The Balaban J connectivity index is 1.77. The second-order valence-electron chi connectivity index (χ2n) is 6.86. The lowest BCUT2D eigenvalue weighted by molar-refractivity contribution is -0.130. The summed E-state index contributed by atoms with van der Waals surface area (Å²) >= 11 is 6.07. The molecule has 29 heavy (non-hydrogen) atoms. The highest BCUT2D eigenvalue weighted by Gasteiger charge is 2.40. The van der Waals surface area contributed by atoms with Gasteiger partial charge in [0.05, 0.1) is 13.2 Å². The average Bonchev–Trinajstić information content (AvgIpc) is 3.00. The van der Waals surface area contributed by atoms with Gasteiger partial charge in [-0.2, -0.15) is 0 Å². The molecule has 146 valence electrons. The number of halogens is 1. The smallest absolute Gasteiger partial charge is 0.290 e. The average molecular weight is 406 g/mol. The van der Waals surface area contributed by atoms with E-state index >= 15 is 0 Å². The van der Waals surface area contributed by atoms with Crippen molar-refractivity contribution in [2.75, 3.05) is 7.11 Å².